The van der Waals surface area contributed by atoms with Gasteiger partial charge in [0.1, 0.15) is 0 Å². The lowest BCUT2D eigenvalue weighted by Crippen LogP contribution is -2.03. The zero-order valence-electron chi connectivity index (χ0n) is 29.2. The van der Waals surface area contributed by atoms with Crippen LogP contribution in [0.5, 0.6) is 0 Å². The summed E-state index contributed by atoms with van der Waals surface area (Å²) in [5.41, 5.74) is 13.7. The average Bonchev–Trinajstić information content (AvgIpc) is 3.49. The number of nitrogens with one attached hydrogen (secondary N) is 2. The van der Waals surface area contributed by atoms with Crippen molar-refractivity contribution in [1.29, 1.82) is 10.8 Å². The number of hydrogen-bond acceptors (Lipinski definition) is 2. The van der Waals surface area contributed by atoms with Gasteiger partial charge in [-0.1, -0.05) is 116 Å². The number of hydrogen-bond donors (Lipinski definition) is 2. The molecule has 0 bridgehead atoms. The molecular weight excluding hydrogens is 496 g/mol. The predicted molar refractivity (Wildman–Crippen MR) is 189 cm³/mol. The maximum absolute atomic E-state index is 7.58. The SMILES string of the molecule is CC.CC.CC.CCC1=CC(C(C)=N)=C(C)CC1.CCc1ccc(C(C)=N)c(C)c1.CCc1ccc2c(c1)CCC2. The van der Waals surface area contributed by atoms with Crippen LogP contribution in [0.3, 0.4) is 0 Å². The van der Waals surface area contributed by atoms with E-state index >= 15 is 0 Å². The van der Waals surface area contributed by atoms with E-state index in [-0.39, 0.29) is 0 Å². The van der Waals surface area contributed by atoms with Crippen LogP contribution in [0.1, 0.15) is 142 Å². The standard InChI is InChI=1S/C11H15N.C11H17N.C11H14.3C2H6/c1-4-10-5-6-11(9(3)12)8(2)7-10;1-4-10-6-5-8(2)11(7-10)9(3)12;1-2-9-6-7-10-4-3-5-11(10)8-9;3*1-2/h5-7,12H,4H2,1-3H3;7,12H,4-6H2,1-3H3;6-8H,2-5H2,1H3;3*1-2H3. The third kappa shape index (κ3) is 14.6. The van der Waals surface area contributed by atoms with Crippen LogP contribution in [0.2, 0.25) is 0 Å². The molecule has 0 saturated heterocycles. The largest absolute Gasteiger partial charge is 0.305 e. The van der Waals surface area contributed by atoms with Crippen molar-refractivity contribution in [3.8, 4) is 0 Å². The maximum atomic E-state index is 7.58. The van der Waals surface area contributed by atoms with E-state index < -0.39 is 0 Å². The summed E-state index contributed by atoms with van der Waals surface area (Å²) in [4.78, 5) is 0. The molecule has 230 valence electrons. The van der Waals surface area contributed by atoms with Gasteiger partial charge in [-0.15, -0.1) is 0 Å². The number of rotatable bonds is 5. The van der Waals surface area contributed by atoms with E-state index in [0.29, 0.717) is 11.4 Å². The van der Waals surface area contributed by atoms with Gasteiger partial charge in [0.25, 0.3) is 0 Å². The van der Waals surface area contributed by atoms with E-state index in [2.05, 4.69) is 71.0 Å². The smallest absolute Gasteiger partial charge is 0.0357 e. The summed E-state index contributed by atoms with van der Waals surface area (Å²) >= 11 is 0. The Bertz CT molecular complexity index is 1100. The van der Waals surface area contributed by atoms with Crippen molar-refractivity contribution in [1.82, 2.24) is 0 Å². The van der Waals surface area contributed by atoms with Gasteiger partial charge in [-0.25, -0.2) is 0 Å². The molecule has 2 aliphatic rings. The molecule has 2 aliphatic carbocycles. The minimum atomic E-state index is 0.648. The summed E-state index contributed by atoms with van der Waals surface area (Å²) in [7, 11) is 0. The number of benzene rings is 2. The van der Waals surface area contributed by atoms with Crippen LogP contribution in [0.25, 0.3) is 0 Å². The molecule has 4 rings (SSSR count). The van der Waals surface area contributed by atoms with Gasteiger partial charge in [0, 0.05) is 11.4 Å². The highest BCUT2D eigenvalue weighted by molar-refractivity contribution is 5.99. The van der Waals surface area contributed by atoms with E-state index in [0.717, 1.165) is 30.4 Å². The number of allylic oxidation sites excluding steroid dienone is 4. The van der Waals surface area contributed by atoms with Gasteiger partial charge in [0.15, 0.2) is 0 Å². The summed E-state index contributed by atoms with van der Waals surface area (Å²) in [6.07, 6.45) is 11.9. The summed E-state index contributed by atoms with van der Waals surface area (Å²) in [6.45, 7) is 26.4. The predicted octanol–water partition coefficient (Wildman–Crippen LogP) is 12.2. The lowest BCUT2D eigenvalue weighted by Gasteiger charge is -2.16. The molecule has 2 nitrogen and oxygen atoms in total. The minimum Gasteiger partial charge on any atom is -0.305 e. The lowest BCUT2D eigenvalue weighted by molar-refractivity contribution is 0.850. The van der Waals surface area contributed by atoms with Crippen molar-refractivity contribution >= 4 is 11.4 Å². The van der Waals surface area contributed by atoms with Crippen LogP contribution < -0.4 is 0 Å². The van der Waals surface area contributed by atoms with Gasteiger partial charge in [0.2, 0.25) is 0 Å². The summed E-state index contributed by atoms with van der Waals surface area (Å²) in [5.74, 6) is 0. The number of aryl methyl sites for hydroxylation is 5. The molecule has 0 atom stereocenters. The van der Waals surface area contributed by atoms with Crippen molar-refractivity contribution in [3.63, 3.8) is 0 Å². The van der Waals surface area contributed by atoms with Crippen molar-refractivity contribution in [3.05, 3.63) is 92.6 Å². The lowest BCUT2D eigenvalue weighted by atomic mass is 9.90. The molecule has 0 unspecified atom stereocenters. The second kappa shape index (κ2) is 23.9. The van der Waals surface area contributed by atoms with Gasteiger partial charge < -0.3 is 10.8 Å². The quantitative estimate of drug-likeness (QED) is 0.342. The first-order valence-corrected chi connectivity index (χ1v) is 16.4. The molecule has 41 heavy (non-hydrogen) atoms. The Morgan fingerprint density at radius 2 is 1.17 bits per heavy atom. The van der Waals surface area contributed by atoms with Gasteiger partial charge in [-0.05, 0) is 118 Å². The summed E-state index contributed by atoms with van der Waals surface area (Å²) in [5, 5.41) is 15.1. The second-order valence-corrected chi connectivity index (χ2v) is 9.91. The van der Waals surface area contributed by atoms with Crippen molar-refractivity contribution in [2.45, 2.75) is 141 Å². The van der Waals surface area contributed by atoms with Crippen LogP contribution in [0, 0.1) is 17.7 Å². The first-order valence-electron chi connectivity index (χ1n) is 16.4. The van der Waals surface area contributed by atoms with Crippen LogP contribution in [0.4, 0.5) is 0 Å². The molecule has 0 fully saturated rings. The Labute approximate surface area is 255 Å². The molecule has 0 saturated carbocycles. The average molecular weight is 561 g/mol. The van der Waals surface area contributed by atoms with Gasteiger partial charge in [-0.3, -0.25) is 0 Å². The molecule has 0 amide bonds. The molecule has 2 heteroatoms. The van der Waals surface area contributed by atoms with E-state index in [1.54, 1.807) is 11.1 Å². The topological polar surface area (TPSA) is 47.7 Å². The Balaban J connectivity index is 0. The van der Waals surface area contributed by atoms with Crippen molar-refractivity contribution in [2.24, 2.45) is 0 Å². The maximum Gasteiger partial charge on any atom is 0.0357 e. The Morgan fingerprint density at radius 3 is 1.66 bits per heavy atom. The minimum absolute atomic E-state index is 0.648. The van der Waals surface area contributed by atoms with Crippen LogP contribution in [-0.2, 0) is 25.7 Å². The molecule has 2 aromatic carbocycles. The molecule has 0 aromatic heterocycles. The van der Waals surface area contributed by atoms with Gasteiger partial charge in [-0.2, -0.15) is 0 Å². The summed E-state index contributed by atoms with van der Waals surface area (Å²) in [6, 6.07) is 13.2. The van der Waals surface area contributed by atoms with Crippen LogP contribution in [-0.4, -0.2) is 11.4 Å². The van der Waals surface area contributed by atoms with E-state index in [4.69, 9.17) is 10.8 Å². The highest BCUT2D eigenvalue weighted by atomic mass is 14.4. The highest BCUT2D eigenvalue weighted by Gasteiger charge is 2.10. The third-order valence-corrected chi connectivity index (χ3v) is 7.16. The number of fused-ring (bicyclic) bond motifs is 1. The molecule has 0 radical (unpaired) electrons. The van der Waals surface area contributed by atoms with E-state index in [9.17, 15) is 0 Å². The fourth-order valence-corrected chi connectivity index (χ4v) is 4.80. The zero-order valence-corrected chi connectivity index (χ0v) is 29.2. The Hall–Kier alpha value is -2.74. The molecular formula is C39H64N2. The van der Waals surface area contributed by atoms with E-state index in [1.807, 2.05) is 61.5 Å². The molecule has 0 spiro atoms. The van der Waals surface area contributed by atoms with Crippen molar-refractivity contribution < 1.29 is 0 Å². The van der Waals surface area contributed by atoms with Crippen molar-refractivity contribution in [2.75, 3.05) is 0 Å². The molecule has 2 aromatic rings. The summed E-state index contributed by atoms with van der Waals surface area (Å²) < 4.78 is 0. The zero-order chi connectivity index (χ0) is 32.0. The second-order valence-electron chi connectivity index (χ2n) is 9.91. The van der Waals surface area contributed by atoms with E-state index in [1.165, 1.54) is 59.9 Å². The van der Waals surface area contributed by atoms with Gasteiger partial charge in [0.05, 0.1) is 0 Å². The first-order chi connectivity index (χ1) is 19.7. The normalized spacial score (nSPS) is 12.6. The Morgan fingerprint density at radius 1 is 0.634 bits per heavy atom. The Kier molecular flexibility index (Phi) is 23.6. The fraction of sp³-hybridized carbons (Fsp3) is 0.538. The van der Waals surface area contributed by atoms with Crippen LogP contribution >= 0.6 is 0 Å². The monoisotopic (exact) mass is 561 g/mol. The fourth-order valence-electron chi connectivity index (χ4n) is 4.80. The molecule has 0 heterocycles. The molecule has 2 N–H and O–H groups in total. The molecule has 0 aliphatic heterocycles. The highest BCUT2D eigenvalue weighted by Crippen LogP contribution is 2.26. The first kappa shape index (κ1) is 40.4. The third-order valence-electron chi connectivity index (χ3n) is 7.16. The van der Waals surface area contributed by atoms with Crippen LogP contribution in [0.15, 0.2) is 59.2 Å². The van der Waals surface area contributed by atoms with Gasteiger partial charge >= 0.3 is 0 Å².